The number of carbonyl (C=O) groups is 2. The first-order valence-electron chi connectivity index (χ1n) is 8.87. The molecule has 0 spiro atoms. The molecule has 8 heteroatoms. The number of furan rings is 1. The van der Waals surface area contributed by atoms with Crippen molar-refractivity contribution in [3.63, 3.8) is 0 Å². The van der Waals surface area contributed by atoms with Crippen LogP contribution >= 0.6 is 23.4 Å². The Morgan fingerprint density at radius 3 is 2.50 bits per heavy atom. The summed E-state index contributed by atoms with van der Waals surface area (Å²) in [5, 5.41) is -0.171. The van der Waals surface area contributed by atoms with Gasteiger partial charge in [0.1, 0.15) is 17.3 Å². The van der Waals surface area contributed by atoms with Crippen molar-refractivity contribution in [1.82, 2.24) is 0 Å². The van der Waals surface area contributed by atoms with E-state index in [9.17, 15) is 14.0 Å². The van der Waals surface area contributed by atoms with Gasteiger partial charge in [-0.25, -0.2) is 9.29 Å². The lowest BCUT2D eigenvalue weighted by Crippen LogP contribution is -2.31. The van der Waals surface area contributed by atoms with Gasteiger partial charge < -0.3 is 9.15 Å². The van der Waals surface area contributed by atoms with Crippen LogP contribution in [-0.2, 0) is 15.3 Å². The summed E-state index contributed by atoms with van der Waals surface area (Å²) in [5.41, 5.74) is 1.04. The third-order valence-corrected chi connectivity index (χ3v) is 5.91. The summed E-state index contributed by atoms with van der Waals surface area (Å²) in [5.74, 6) is 0.0437. The van der Waals surface area contributed by atoms with Gasteiger partial charge in [-0.05, 0) is 48.0 Å². The van der Waals surface area contributed by atoms with E-state index >= 15 is 0 Å². The second kappa shape index (κ2) is 8.38. The van der Waals surface area contributed by atoms with Crippen molar-refractivity contribution in [3.8, 4) is 5.75 Å². The van der Waals surface area contributed by atoms with Crippen molar-refractivity contribution in [2.75, 3.05) is 12.0 Å². The highest BCUT2D eigenvalue weighted by atomic mass is 35.5. The molecule has 0 unspecified atom stereocenters. The molecule has 0 saturated heterocycles. The normalized spacial score (nSPS) is 14.0. The quantitative estimate of drug-likeness (QED) is 0.484. The minimum absolute atomic E-state index is 0.171. The molecule has 0 radical (unpaired) electrons. The Hall–Kier alpha value is -3.03. The van der Waals surface area contributed by atoms with Crippen molar-refractivity contribution in [1.29, 1.82) is 0 Å². The molecule has 0 N–H and O–H groups in total. The number of benzene rings is 2. The van der Waals surface area contributed by atoms with Crippen molar-refractivity contribution in [3.05, 3.63) is 87.9 Å². The fraction of sp³-hybridized carbons (Fsp3) is 0.0909. The smallest absolute Gasteiger partial charge is 0.272 e. The highest BCUT2D eigenvalue weighted by Gasteiger charge is 2.40. The van der Waals surface area contributed by atoms with E-state index in [4.69, 9.17) is 20.8 Å². The summed E-state index contributed by atoms with van der Waals surface area (Å²) in [4.78, 5) is 27.8. The molecule has 5 nitrogen and oxygen atoms in total. The Morgan fingerprint density at radius 2 is 1.87 bits per heavy atom. The molecule has 152 valence electrons. The number of thioether (sulfide) groups is 1. The van der Waals surface area contributed by atoms with Crippen molar-refractivity contribution in [2.45, 2.75) is 5.75 Å². The number of hydrogen-bond donors (Lipinski definition) is 0. The molecule has 2 aromatic carbocycles. The molecular weight excluding hydrogens is 429 g/mol. The predicted octanol–water partition coefficient (Wildman–Crippen LogP) is 5.30. The van der Waals surface area contributed by atoms with E-state index in [0.717, 1.165) is 11.0 Å². The van der Waals surface area contributed by atoms with Gasteiger partial charge in [0.05, 0.1) is 40.3 Å². The minimum atomic E-state index is -0.629. The van der Waals surface area contributed by atoms with E-state index in [1.54, 1.807) is 49.8 Å². The van der Waals surface area contributed by atoms with Crippen molar-refractivity contribution in [2.24, 2.45) is 0 Å². The molecule has 1 aromatic heterocycles. The van der Waals surface area contributed by atoms with Crippen LogP contribution in [0.4, 0.5) is 10.1 Å². The molecule has 1 aliphatic rings. The van der Waals surface area contributed by atoms with Gasteiger partial charge in [-0.2, -0.15) is 0 Å². The van der Waals surface area contributed by atoms with Gasteiger partial charge >= 0.3 is 0 Å². The van der Waals surface area contributed by atoms with E-state index in [2.05, 4.69) is 0 Å². The summed E-state index contributed by atoms with van der Waals surface area (Å²) in [6.07, 6.45) is 1.54. The standard InChI is InChI=1S/C22H15ClFNO4S/c1-28-15-7-4-13(5-8-15)19-20(30-12-16-3-2-10-29-16)22(27)25(21(19)26)14-6-9-18(24)17(23)11-14/h2-11H,12H2,1H3. The summed E-state index contributed by atoms with van der Waals surface area (Å²) in [7, 11) is 1.54. The molecule has 3 aromatic rings. The molecule has 30 heavy (non-hydrogen) atoms. The largest absolute Gasteiger partial charge is 0.497 e. The molecule has 0 aliphatic carbocycles. The summed E-state index contributed by atoms with van der Waals surface area (Å²) in [6, 6.07) is 14.1. The van der Waals surface area contributed by atoms with Crippen LogP contribution in [-0.4, -0.2) is 18.9 Å². The van der Waals surface area contributed by atoms with Crippen LogP contribution in [0.3, 0.4) is 0 Å². The Balaban J connectivity index is 1.75. The zero-order chi connectivity index (χ0) is 21.3. The highest BCUT2D eigenvalue weighted by molar-refractivity contribution is 8.03. The average Bonchev–Trinajstić information content (AvgIpc) is 3.35. The third kappa shape index (κ3) is 3.74. The van der Waals surface area contributed by atoms with Gasteiger partial charge in [-0.15, -0.1) is 11.8 Å². The van der Waals surface area contributed by atoms with Crippen LogP contribution in [0.25, 0.3) is 5.57 Å². The van der Waals surface area contributed by atoms with Crippen LogP contribution in [0.2, 0.25) is 5.02 Å². The van der Waals surface area contributed by atoms with E-state index in [0.29, 0.717) is 22.8 Å². The molecule has 4 rings (SSSR count). The second-order valence-corrected chi connectivity index (χ2v) is 7.74. The lowest BCUT2D eigenvalue weighted by Gasteiger charge is -2.15. The SMILES string of the molecule is COc1ccc(C2=C(SCc3ccco3)C(=O)N(c3ccc(F)c(Cl)c3)C2=O)cc1. The van der Waals surface area contributed by atoms with Crippen LogP contribution < -0.4 is 9.64 Å². The monoisotopic (exact) mass is 443 g/mol. The van der Waals surface area contributed by atoms with Gasteiger partial charge in [0.2, 0.25) is 0 Å². The molecule has 2 amide bonds. The Bertz CT molecular complexity index is 1140. The van der Waals surface area contributed by atoms with E-state index in [1.807, 2.05) is 0 Å². The van der Waals surface area contributed by atoms with Crippen LogP contribution in [0, 0.1) is 5.82 Å². The number of methoxy groups -OCH3 is 1. The van der Waals surface area contributed by atoms with E-state index < -0.39 is 17.6 Å². The molecule has 0 bridgehead atoms. The molecular formula is C22H15ClFNO4S. The van der Waals surface area contributed by atoms with Crippen molar-refractivity contribution >= 4 is 46.4 Å². The van der Waals surface area contributed by atoms with E-state index in [1.165, 1.54) is 23.9 Å². The lowest BCUT2D eigenvalue weighted by atomic mass is 10.1. The van der Waals surface area contributed by atoms with Gasteiger partial charge in [-0.3, -0.25) is 9.59 Å². The first kappa shape index (κ1) is 20.3. The number of nitrogens with zero attached hydrogens (tertiary/aromatic N) is 1. The van der Waals surface area contributed by atoms with Crippen molar-refractivity contribution < 1.29 is 23.1 Å². The Labute approximate surface area is 181 Å². The van der Waals surface area contributed by atoms with Gasteiger partial charge in [0.15, 0.2) is 0 Å². The zero-order valence-corrected chi connectivity index (χ0v) is 17.3. The number of amides is 2. The number of anilines is 1. The van der Waals surface area contributed by atoms with Crippen LogP contribution in [0.15, 0.2) is 70.2 Å². The molecule has 2 heterocycles. The van der Waals surface area contributed by atoms with E-state index in [-0.39, 0.29) is 21.2 Å². The maximum Gasteiger partial charge on any atom is 0.272 e. The Kier molecular flexibility index (Phi) is 5.65. The number of ether oxygens (including phenoxy) is 1. The number of rotatable bonds is 6. The summed E-state index contributed by atoms with van der Waals surface area (Å²) < 4.78 is 24.1. The lowest BCUT2D eigenvalue weighted by molar-refractivity contribution is -0.119. The van der Waals surface area contributed by atoms with Gasteiger partial charge in [0.25, 0.3) is 11.8 Å². The Morgan fingerprint density at radius 1 is 1.10 bits per heavy atom. The number of halogens is 2. The average molecular weight is 444 g/mol. The number of hydrogen-bond acceptors (Lipinski definition) is 5. The summed E-state index contributed by atoms with van der Waals surface area (Å²) >= 11 is 7.08. The second-order valence-electron chi connectivity index (χ2n) is 6.34. The molecule has 0 fully saturated rings. The zero-order valence-electron chi connectivity index (χ0n) is 15.7. The first-order valence-corrected chi connectivity index (χ1v) is 10.2. The minimum Gasteiger partial charge on any atom is -0.497 e. The van der Waals surface area contributed by atoms with Gasteiger partial charge in [-0.1, -0.05) is 23.7 Å². The fourth-order valence-electron chi connectivity index (χ4n) is 3.05. The molecule has 1 aliphatic heterocycles. The summed E-state index contributed by atoms with van der Waals surface area (Å²) in [6.45, 7) is 0. The predicted molar refractivity (Wildman–Crippen MR) is 114 cm³/mol. The topological polar surface area (TPSA) is 59.8 Å². The number of carbonyl (C=O) groups excluding carboxylic acids is 2. The maximum absolute atomic E-state index is 13.6. The maximum atomic E-state index is 13.6. The molecule has 0 saturated carbocycles. The molecule has 0 atom stereocenters. The van der Waals surface area contributed by atoms with Crippen LogP contribution in [0.5, 0.6) is 5.75 Å². The van der Waals surface area contributed by atoms with Crippen LogP contribution in [0.1, 0.15) is 11.3 Å². The highest BCUT2D eigenvalue weighted by Crippen LogP contribution is 2.40. The van der Waals surface area contributed by atoms with Gasteiger partial charge in [0, 0.05) is 0 Å². The number of imide groups is 1. The third-order valence-electron chi connectivity index (χ3n) is 4.52. The fourth-order valence-corrected chi connectivity index (χ4v) is 4.24. The first-order chi connectivity index (χ1) is 14.5.